The summed E-state index contributed by atoms with van der Waals surface area (Å²) in [5.41, 5.74) is 4.43. The molecule has 0 radical (unpaired) electrons. The fourth-order valence-corrected chi connectivity index (χ4v) is 1.26. The van der Waals surface area contributed by atoms with Crippen LogP contribution in [0.2, 0.25) is 0 Å². The molecule has 1 aromatic rings. The lowest BCUT2D eigenvalue weighted by Gasteiger charge is -2.10. The molecule has 2 N–H and O–H groups in total. The van der Waals surface area contributed by atoms with E-state index >= 15 is 0 Å². The van der Waals surface area contributed by atoms with Gasteiger partial charge in [-0.3, -0.25) is 4.79 Å². The molecule has 0 atom stereocenters. The van der Waals surface area contributed by atoms with Gasteiger partial charge in [-0.15, -0.1) is 0 Å². The van der Waals surface area contributed by atoms with Crippen molar-refractivity contribution in [1.82, 2.24) is 4.98 Å². The first-order valence-electron chi connectivity index (χ1n) is 4.10. The van der Waals surface area contributed by atoms with Crippen LogP contribution in [0.15, 0.2) is 6.07 Å². The number of amides is 1. The number of nitrogens with two attached hydrogens (primary N) is 1. The van der Waals surface area contributed by atoms with Gasteiger partial charge in [0, 0.05) is 11.6 Å². The first-order valence-corrected chi connectivity index (χ1v) is 4.10. The van der Waals surface area contributed by atoms with E-state index in [2.05, 4.69) is 4.98 Å². The second kappa shape index (κ2) is 4.20. The normalized spacial score (nSPS) is 10.5. The van der Waals surface area contributed by atoms with E-state index in [-0.39, 0.29) is 17.1 Å². The second-order valence-electron chi connectivity index (χ2n) is 2.88. The van der Waals surface area contributed by atoms with E-state index in [4.69, 9.17) is 10.5 Å². The predicted octanol–water partition coefficient (Wildman–Crippen LogP) is 1.44. The lowest BCUT2D eigenvalue weighted by atomic mass is 10.1. The SMILES string of the molecule is COc1cc(C(F)F)c(C(N)=O)c(C)n1. The maximum atomic E-state index is 12.6. The number of aryl methyl sites for hydroxylation is 1. The lowest BCUT2D eigenvalue weighted by molar-refractivity contribution is 0.0984. The number of ether oxygens (including phenoxy) is 1. The maximum absolute atomic E-state index is 12.6. The Morgan fingerprint density at radius 3 is 2.60 bits per heavy atom. The third-order valence-corrected chi connectivity index (χ3v) is 1.90. The van der Waals surface area contributed by atoms with Crippen LogP contribution in [0.4, 0.5) is 8.78 Å². The molecule has 0 aromatic carbocycles. The fraction of sp³-hybridized carbons (Fsp3) is 0.333. The van der Waals surface area contributed by atoms with Gasteiger partial charge < -0.3 is 10.5 Å². The summed E-state index contributed by atoms with van der Waals surface area (Å²) in [7, 11) is 1.31. The largest absolute Gasteiger partial charge is 0.481 e. The number of alkyl halides is 2. The van der Waals surface area contributed by atoms with Crippen LogP contribution in [0.1, 0.15) is 28.0 Å². The highest BCUT2D eigenvalue weighted by atomic mass is 19.3. The Morgan fingerprint density at radius 1 is 1.60 bits per heavy atom. The quantitative estimate of drug-likeness (QED) is 0.831. The molecule has 1 aromatic heterocycles. The number of carbonyl (C=O) groups is 1. The second-order valence-corrected chi connectivity index (χ2v) is 2.88. The summed E-state index contributed by atoms with van der Waals surface area (Å²) >= 11 is 0. The molecular formula is C9H10F2N2O2. The molecule has 0 bridgehead atoms. The van der Waals surface area contributed by atoms with Crippen LogP contribution in [0.25, 0.3) is 0 Å². The molecule has 0 aliphatic carbocycles. The van der Waals surface area contributed by atoms with Gasteiger partial charge in [-0.25, -0.2) is 13.8 Å². The number of hydrogen-bond acceptors (Lipinski definition) is 3. The average Bonchev–Trinajstić information content (AvgIpc) is 2.15. The van der Waals surface area contributed by atoms with Gasteiger partial charge in [0.2, 0.25) is 5.88 Å². The van der Waals surface area contributed by atoms with Crippen molar-refractivity contribution in [2.45, 2.75) is 13.3 Å². The van der Waals surface area contributed by atoms with Crippen molar-refractivity contribution in [1.29, 1.82) is 0 Å². The maximum Gasteiger partial charge on any atom is 0.264 e. The zero-order valence-electron chi connectivity index (χ0n) is 8.25. The smallest absolute Gasteiger partial charge is 0.264 e. The van der Waals surface area contributed by atoms with Crippen LogP contribution in [-0.2, 0) is 0 Å². The zero-order chi connectivity index (χ0) is 11.6. The highest BCUT2D eigenvalue weighted by molar-refractivity contribution is 5.95. The topological polar surface area (TPSA) is 65.2 Å². The zero-order valence-corrected chi connectivity index (χ0v) is 8.25. The van der Waals surface area contributed by atoms with E-state index in [1.54, 1.807) is 0 Å². The summed E-state index contributed by atoms with van der Waals surface area (Å²) < 4.78 is 29.9. The summed E-state index contributed by atoms with van der Waals surface area (Å²) in [6, 6.07) is 1.01. The molecule has 15 heavy (non-hydrogen) atoms. The number of methoxy groups -OCH3 is 1. The Bertz CT molecular complexity index is 394. The van der Waals surface area contributed by atoms with Gasteiger partial charge in [-0.2, -0.15) is 0 Å². The summed E-state index contributed by atoms with van der Waals surface area (Å²) in [5.74, 6) is -0.884. The molecule has 82 valence electrons. The minimum Gasteiger partial charge on any atom is -0.481 e. The molecule has 4 nitrogen and oxygen atoms in total. The Hall–Kier alpha value is -1.72. The Morgan fingerprint density at radius 2 is 2.20 bits per heavy atom. The molecule has 0 spiro atoms. The third-order valence-electron chi connectivity index (χ3n) is 1.90. The summed E-state index contributed by atoms with van der Waals surface area (Å²) in [5, 5.41) is 0. The molecule has 0 unspecified atom stereocenters. The van der Waals surface area contributed by atoms with Crippen molar-refractivity contribution in [3.05, 3.63) is 22.9 Å². The third kappa shape index (κ3) is 2.20. The van der Waals surface area contributed by atoms with Gasteiger partial charge in [0.25, 0.3) is 12.3 Å². The molecule has 0 saturated carbocycles. The minimum absolute atomic E-state index is 0.0350. The van der Waals surface area contributed by atoms with E-state index in [0.29, 0.717) is 0 Å². The summed E-state index contributed by atoms with van der Waals surface area (Å²) in [6.45, 7) is 1.43. The van der Waals surface area contributed by atoms with E-state index in [1.165, 1.54) is 14.0 Å². The van der Waals surface area contributed by atoms with Crippen molar-refractivity contribution in [3.8, 4) is 5.88 Å². The van der Waals surface area contributed by atoms with Gasteiger partial charge in [0.05, 0.1) is 18.4 Å². The van der Waals surface area contributed by atoms with Crippen molar-refractivity contribution in [2.24, 2.45) is 5.73 Å². The number of primary amides is 1. The molecule has 1 heterocycles. The number of pyridine rings is 1. The molecule has 0 aliphatic heterocycles. The Balaban J connectivity index is 3.42. The van der Waals surface area contributed by atoms with Gasteiger partial charge >= 0.3 is 0 Å². The molecule has 1 rings (SSSR count). The van der Waals surface area contributed by atoms with Crippen LogP contribution in [0.3, 0.4) is 0 Å². The first kappa shape index (κ1) is 11.4. The summed E-state index contributed by atoms with van der Waals surface area (Å²) in [4.78, 5) is 14.8. The van der Waals surface area contributed by atoms with Crippen molar-refractivity contribution in [2.75, 3.05) is 7.11 Å². The fourth-order valence-electron chi connectivity index (χ4n) is 1.26. The van der Waals surface area contributed by atoms with Crippen LogP contribution in [-0.4, -0.2) is 18.0 Å². The predicted molar refractivity (Wildman–Crippen MR) is 49.0 cm³/mol. The molecule has 0 fully saturated rings. The van der Waals surface area contributed by atoms with Gasteiger partial charge in [0.1, 0.15) is 0 Å². The van der Waals surface area contributed by atoms with E-state index in [1.807, 2.05) is 0 Å². The Labute approximate surface area is 85.1 Å². The number of hydrogen-bond donors (Lipinski definition) is 1. The molecule has 6 heteroatoms. The number of nitrogens with zero attached hydrogens (tertiary/aromatic N) is 1. The van der Waals surface area contributed by atoms with Crippen LogP contribution < -0.4 is 10.5 Å². The lowest BCUT2D eigenvalue weighted by Crippen LogP contribution is -2.17. The number of rotatable bonds is 3. The van der Waals surface area contributed by atoms with E-state index in [9.17, 15) is 13.6 Å². The standard InChI is InChI=1S/C9H10F2N2O2/c1-4-7(9(12)14)5(8(10)11)3-6(13-4)15-2/h3,8H,1-2H3,(H2,12,14). The van der Waals surface area contributed by atoms with Crippen molar-refractivity contribution >= 4 is 5.91 Å². The molecule has 1 amide bonds. The van der Waals surface area contributed by atoms with Crippen LogP contribution >= 0.6 is 0 Å². The number of carbonyl (C=O) groups excluding carboxylic acids is 1. The first-order chi connectivity index (χ1) is 6.97. The monoisotopic (exact) mass is 216 g/mol. The average molecular weight is 216 g/mol. The molecular weight excluding hydrogens is 206 g/mol. The molecule has 0 aliphatic rings. The number of halogens is 2. The summed E-state index contributed by atoms with van der Waals surface area (Å²) in [6.07, 6.45) is -2.79. The van der Waals surface area contributed by atoms with Gasteiger partial charge in [-0.05, 0) is 6.92 Å². The number of aromatic nitrogens is 1. The van der Waals surface area contributed by atoms with Gasteiger partial charge in [-0.1, -0.05) is 0 Å². The highest BCUT2D eigenvalue weighted by Crippen LogP contribution is 2.27. The van der Waals surface area contributed by atoms with Gasteiger partial charge in [0.15, 0.2) is 0 Å². The highest BCUT2D eigenvalue weighted by Gasteiger charge is 2.21. The van der Waals surface area contributed by atoms with Crippen molar-refractivity contribution < 1.29 is 18.3 Å². The van der Waals surface area contributed by atoms with E-state index in [0.717, 1.165) is 6.07 Å². The van der Waals surface area contributed by atoms with Crippen LogP contribution in [0.5, 0.6) is 5.88 Å². The molecule has 0 saturated heterocycles. The van der Waals surface area contributed by atoms with Crippen molar-refractivity contribution in [3.63, 3.8) is 0 Å². The van der Waals surface area contributed by atoms with Crippen LogP contribution in [0, 0.1) is 6.92 Å². The Kier molecular flexibility index (Phi) is 3.18. The van der Waals surface area contributed by atoms with E-state index < -0.39 is 17.9 Å². The minimum atomic E-state index is -2.79.